The van der Waals surface area contributed by atoms with Crippen LogP contribution in [0.5, 0.6) is 5.75 Å². The van der Waals surface area contributed by atoms with E-state index in [0.29, 0.717) is 5.75 Å². The number of ether oxygens (including phenoxy) is 1. The molecule has 0 aromatic heterocycles. The van der Waals surface area contributed by atoms with Crippen molar-refractivity contribution in [2.45, 2.75) is 11.8 Å². The smallest absolute Gasteiger partial charge is 0.235 e. The van der Waals surface area contributed by atoms with Crippen LogP contribution in [0.4, 0.5) is 0 Å². The quantitative estimate of drug-likeness (QED) is 0.768. The summed E-state index contributed by atoms with van der Waals surface area (Å²) in [7, 11) is 1.63. The number of hydrogen-bond acceptors (Lipinski definition) is 4. The fourth-order valence-electron chi connectivity index (χ4n) is 1.11. The van der Waals surface area contributed by atoms with E-state index >= 15 is 0 Å². The van der Waals surface area contributed by atoms with Gasteiger partial charge in [0.2, 0.25) is 5.91 Å². The number of primary amides is 1. The van der Waals surface area contributed by atoms with E-state index in [-0.39, 0.29) is 0 Å². The molecule has 0 spiro atoms. The van der Waals surface area contributed by atoms with Crippen LogP contribution < -0.4 is 16.2 Å². The van der Waals surface area contributed by atoms with Gasteiger partial charge in [-0.05, 0) is 17.7 Å². The number of rotatable bonds is 6. The Morgan fingerprint density at radius 2 is 2.06 bits per heavy atom. The van der Waals surface area contributed by atoms with Gasteiger partial charge in [0, 0.05) is 11.5 Å². The summed E-state index contributed by atoms with van der Waals surface area (Å²) in [5.41, 5.74) is 11.7. The molecule has 4 N–H and O–H groups in total. The lowest BCUT2D eigenvalue weighted by Gasteiger charge is -2.07. The molecule has 0 saturated heterocycles. The summed E-state index contributed by atoms with van der Waals surface area (Å²) < 4.78 is 5.06. The highest BCUT2D eigenvalue weighted by atomic mass is 32.2. The molecule has 4 nitrogen and oxygen atoms in total. The third kappa shape index (κ3) is 4.12. The maximum atomic E-state index is 10.7. The average molecular weight is 240 g/mol. The van der Waals surface area contributed by atoms with Crippen LogP contribution in [-0.4, -0.2) is 24.8 Å². The van der Waals surface area contributed by atoms with E-state index in [0.717, 1.165) is 11.5 Å². The monoisotopic (exact) mass is 240 g/mol. The molecule has 0 bridgehead atoms. The molecule has 1 rings (SSSR count). The maximum absolute atomic E-state index is 10.7. The summed E-state index contributed by atoms with van der Waals surface area (Å²) in [6, 6.07) is 7.22. The first-order valence-corrected chi connectivity index (χ1v) is 6.04. The van der Waals surface area contributed by atoms with Crippen molar-refractivity contribution in [2.24, 2.45) is 11.5 Å². The molecule has 0 fully saturated rings. The molecule has 0 aliphatic carbocycles. The van der Waals surface area contributed by atoms with Crippen molar-refractivity contribution >= 4 is 17.7 Å². The molecule has 0 radical (unpaired) electrons. The van der Waals surface area contributed by atoms with E-state index < -0.39 is 11.9 Å². The zero-order valence-corrected chi connectivity index (χ0v) is 10.00. The Morgan fingerprint density at radius 3 is 2.56 bits per heavy atom. The normalized spacial score (nSPS) is 12.1. The Kier molecular flexibility index (Phi) is 5.14. The van der Waals surface area contributed by atoms with E-state index in [1.54, 1.807) is 18.9 Å². The Morgan fingerprint density at radius 1 is 1.44 bits per heavy atom. The summed E-state index contributed by atoms with van der Waals surface area (Å²) >= 11 is 1.59. The largest absolute Gasteiger partial charge is 0.497 e. The van der Waals surface area contributed by atoms with Crippen molar-refractivity contribution in [2.75, 3.05) is 12.9 Å². The molecule has 16 heavy (non-hydrogen) atoms. The van der Waals surface area contributed by atoms with E-state index in [1.165, 1.54) is 5.56 Å². The number of amides is 1. The second kappa shape index (κ2) is 6.40. The van der Waals surface area contributed by atoms with E-state index in [4.69, 9.17) is 16.2 Å². The highest BCUT2D eigenvalue weighted by Crippen LogP contribution is 2.16. The van der Waals surface area contributed by atoms with Crippen LogP contribution in [0.2, 0.25) is 0 Å². The second-order valence-electron chi connectivity index (χ2n) is 3.37. The summed E-state index contributed by atoms with van der Waals surface area (Å²) in [5.74, 6) is 1.73. The SMILES string of the molecule is COc1ccc(CSC[C@H](N)C(N)=O)cc1. The summed E-state index contributed by atoms with van der Waals surface area (Å²) in [5, 5.41) is 0. The minimum atomic E-state index is -0.566. The first kappa shape index (κ1) is 12.9. The summed E-state index contributed by atoms with van der Waals surface area (Å²) in [4.78, 5) is 10.7. The van der Waals surface area contributed by atoms with Crippen molar-refractivity contribution in [1.29, 1.82) is 0 Å². The third-order valence-electron chi connectivity index (χ3n) is 2.09. The van der Waals surface area contributed by atoms with Gasteiger partial charge in [0.1, 0.15) is 5.75 Å². The standard InChI is InChI=1S/C11H16N2O2S/c1-15-9-4-2-8(3-5-9)6-16-7-10(12)11(13)14/h2-5,10H,6-7,12H2,1H3,(H2,13,14)/t10-/m0/s1. The van der Waals surface area contributed by atoms with Gasteiger partial charge in [-0.1, -0.05) is 12.1 Å². The molecule has 1 amide bonds. The minimum absolute atomic E-state index is 0.456. The van der Waals surface area contributed by atoms with Gasteiger partial charge in [-0.25, -0.2) is 0 Å². The van der Waals surface area contributed by atoms with Gasteiger partial charge < -0.3 is 16.2 Å². The van der Waals surface area contributed by atoms with Gasteiger partial charge in [0.05, 0.1) is 13.2 Å². The van der Waals surface area contributed by atoms with Gasteiger partial charge in [0.25, 0.3) is 0 Å². The highest BCUT2D eigenvalue weighted by molar-refractivity contribution is 7.98. The van der Waals surface area contributed by atoms with Gasteiger partial charge >= 0.3 is 0 Å². The predicted octanol–water partition coefficient (Wildman–Crippen LogP) is 0.741. The number of methoxy groups -OCH3 is 1. The van der Waals surface area contributed by atoms with Crippen molar-refractivity contribution in [3.63, 3.8) is 0 Å². The lowest BCUT2D eigenvalue weighted by molar-refractivity contribution is -0.118. The fourth-order valence-corrected chi connectivity index (χ4v) is 2.07. The molecule has 0 unspecified atom stereocenters. The Labute approximate surface area is 99.3 Å². The predicted molar refractivity (Wildman–Crippen MR) is 66.3 cm³/mol. The molecule has 0 saturated carbocycles. The molecular formula is C11H16N2O2S. The van der Waals surface area contributed by atoms with Gasteiger partial charge in [-0.2, -0.15) is 11.8 Å². The second-order valence-corrected chi connectivity index (χ2v) is 4.40. The molecule has 0 heterocycles. The minimum Gasteiger partial charge on any atom is -0.497 e. The van der Waals surface area contributed by atoms with E-state index in [2.05, 4.69) is 0 Å². The number of thioether (sulfide) groups is 1. The molecule has 0 aliphatic heterocycles. The molecule has 1 aromatic rings. The van der Waals surface area contributed by atoms with Crippen molar-refractivity contribution in [3.05, 3.63) is 29.8 Å². The fraction of sp³-hybridized carbons (Fsp3) is 0.364. The molecule has 88 valence electrons. The van der Waals surface area contributed by atoms with Crippen LogP contribution >= 0.6 is 11.8 Å². The van der Waals surface area contributed by atoms with Crippen LogP contribution in [-0.2, 0) is 10.5 Å². The topological polar surface area (TPSA) is 78.3 Å². The summed E-state index contributed by atoms with van der Waals surface area (Å²) in [6.07, 6.45) is 0. The van der Waals surface area contributed by atoms with Crippen LogP contribution in [0.3, 0.4) is 0 Å². The van der Waals surface area contributed by atoms with Crippen LogP contribution in [0.25, 0.3) is 0 Å². The molecule has 5 heteroatoms. The van der Waals surface area contributed by atoms with Gasteiger partial charge in [-0.15, -0.1) is 0 Å². The Balaban J connectivity index is 2.34. The first-order chi connectivity index (χ1) is 7.63. The molecule has 0 aliphatic rings. The number of carbonyl (C=O) groups excluding carboxylic acids is 1. The summed E-state index contributed by atoms with van der Waals surface area (Å²) in [6.45, 7) is 0. The van der Waals surface area contributed by atoms with Crippen molar-refractivity contribution in [1.82, 2.24) is 0 Å². The zero-order valence-electron chi connectivity index (χ0n) is 9.18. The van der Waals surface area contributed by atoms with Crippen LogP contribution in [0.15, 0.2) is 24.3 Å². The van der Waals surface area contributed by atoms with Crippen LogP contribution in [0.1, 0.15) is 5.56 Å². The van der Waals surface area contributed by atoms with E-state index in [1.807, 2.05) is 24.3 Å². The van der Waals surface area contributed by atoms with Gasteiger partial charge in [-0.3, -0.25) is 4.79 Å². The average Bonchev–Trinajstić information content (AvgIpc) is 2.29. The lowest BCUT2D eigenvalue weighted by atomic mass is 10.2. The van der Waals surface area contributed by atoms with Gasteiger partial charge in [0.15, 0.2) is 0 Å². The molecule has 1 atom stereocenters. The maximum Gasteiger partial charge on any atom is 0.235 e. The lowest BCUT2D eigenvalue weighted by Crippen LogP contribution is -2.38. The first-order valence-electron chi connectivity index (χ1n) is 4.89. The van der Waals surface area contributed by atoms with Crippen molar-refractivity contribution < 1.29 is 9.53 Å². The number of nitrogens with two attached hydrogens (primary N) is 2. The molecule has 1 aromatic carbocycles. The highest BCUT2D eigenvalue weighted by Gasteiger charge is 2.08. The van der Waals surface area contributed by atoms with E-state index in [9.17, 15) is 4.79 Å². The number of carbonyl (C=O) groups is 1. The Bertz CT molecular complexity index is 340. The number of benzene rings is 1. The Hall–Kier alpha value is -1.20. The third-order valence-corrected chi connectivity index (χ3v) is 3.22. The van der Waals surface area contributed by atoms with Crippen molar-refractivity contribution in [3.8, 4) is 5.75 Å². The molecular weight excluding hydrogens is 224 g/mol. The van der Waals surface area contributed by atoms with Crippen LogP contribution in [0, 0.1) is 0 Å². The number of hydrogen-bond donors (Lipinski definition) is 2. The zero-order chi connectivity index (χ0) is 12.0.